The van der Waals surface area contributed by atoms with Gasteiger partial charge in [0, 0.05) is 11.6 Å². The molecule has 1 N–H and O–H groups in total. The van der Waals surface area contributed by atoms with Gasteiger partial charge in [-0.1, -0.05) is 11.6 Å². The molecule has 0 aliphatic heterocycles. The van der Waals surface area contributed by atoms with Gasteiger partial charge in [-0.3, -0.25) is 0 Å². The fourth-order valence-corrected chi connectivity index (χ4v) is 2.54. The summed E-state index contributed by atoms with van der Waals surface area (Å²) >= 11 is 0. The van der Waals surface area contributed by atoms with Crippen LogP contribution in [0.25, 0.3) is 22.1 Å². The van der Waals surface area contributed by atoms with Gasteiger partial charge >= 0.3 is 5.63 Å². The van der Waals surface area contributed by atoms with Crippen molar-refractivity contribution in [2.45, 2.75) is 6.92 Å². The summed E-state index contributed by atoms with van der Waals surface area (Å²) < 4.78 is 15.8. The van der Waals surface area contributed by atoms with Gasteiger partial charge in [-0.25, -0.2) is 4.79 Å². The third-order valence-electron chi connectivity index (χ3n) is 3.71. The van der Waals surface area contributed by atoms with E-state index in [1.165, 1.54) is 7.11 Å². The van der Waals surface area contributed by atoms with Crippen LogP contribution >= 0.6 is 0 Å². The van der Waals surface area contributed by atoms with Crippen LogP contribution in [0.3, 0.4) is 0 Å². The number of ether oxygens (including phenoxy) is 2. The van der Waals surface area contributed by atoms with Gasteiger partial charge in [0.25, 0.3) is 0 Å². The lowest BCUT2D eigenvalue weighted by Crippen LogP contribution is -2.05. The number of methoxy groups -OCH3 is 2. The van der Waals surface area contributed by atoms with Crippen LogP contribution in [-0.4, -0.2) is 19.3 Å². The van der Waals surface area contributed by atoms with E-state index in [0.717, 1.165) is 5.56 Å². The second-order valence-electron chi connectivity index (χ2n) is 5.18. The van der Waals surface area contributed by atoms with Crippen molar-refractivity contribution < 1.29 is 19.0 Å². The van der Waals surface area contributed by atoms with Crippen molar-refractivity contribution in [2.24, 2.45) is 0 Å². The second kappa shape index (κ2) is 5.68. The normalized spacial score (nSPS) is 10.7. The summed E-state index contributed by atoms with van der Waals surface area (Å²) in [4.78, 5) is 12.3. The zero-order chi connectivity index (χ0) is 16.6. The minimum Gasteiger partial charge on any atom is -0.506 e. The smallest absolute Gasteiger partial charge is 0.348 e. The highest BCUT2D eigenvalue weighted by Gasteiger charge is 2.19. The lowest BCUT2D eigenvalue weighted by Gasteiger charge is -2.12. The van der Waals surface area contributed by atoms with Crippen LogP contribution in [0.1, 0.15) is 5.56 Å². The molecule has 0 bridgehead atoms. The van der Waals surface area contributed by atoms with E-state index in [-0.39, 0.29) is 11.3 Å². The molecule has 0 aliphatic carbocycles. The van der Waals surface area contributed by atoms with Crippen molar-refractivity contribution in [2.75, 3.05) is 14.2 Å². The minimum absolute atomic E-state index is 0.0719. The number of hydrogen-bond donors (Lipinski definition) is 1. The van der Waals surface area contributed by atoms with Gasteiger partial charge in [-0.2, -0.15) is 0 Å². The molecule has 0 aliphatic rings. The summed E-state index contributed by atoms with van der Waals surface area (Å²) in [6.45, 7) is 1.90. The number of benzene rings is 2. The first-order valence-electron chi connectivity index (χ1n) is 7.04. The van der Waals surface area contributed by atoms with E-state index < -0.39 is 5.63 Å². The minimum atomic E-state index is -0.623. The van der Waals surface area contributed by atoms with Gasteiger partial charge in [0.2, 0.25) is 0 Å². The Morgan fingerprint density at radius 2 is 1.83 bits per heavy atom. The Kier molecular flexibility index (Phi) is 3.70. The molecule has 0 fully saturated rings. The maximum absolute atomic E-state index is 12.3. The van der Waals surface area contributed by atoms with E-state index in [9.17, 15) is 9.90 Å². The number of rotatable bonds is 3. The van der Waals surface area contributed by atoms with Crippen molar-refractivity contribution in [1.82, 2.24) is 0 Å². The van der Waals surface area contributed by atoms with Gasteiger partial charge < -0.3 is 19.0 Å². The van der Waals surface area contributed by atoms with Crippen molar-refractivity contribution >= 4 is 11.0 Å². The Labute approximate surface area is 132 Å². The largest absolute Gasteiger partial charge is 0.506 e. The summed E-state index contributed by atoms with van der Waals surface area (Å²) in [6.07, 6.45) is 0. The van der Waals surface area contributed by atoms with Crippen molar-refractivity contribution in [3.63, 3.8) is 0 Å². The molecule has 0 saturated carbocycles. The molecule has 0 amide bonds. The van der Waals surface area contributed by atoms with Crippen LogP contribution < -0.4 is 15.1 Å². The van der Waals surface area contributed by atoms with Crippen molar-refractivity contribution in [1.29, 1.82) is 0 Å². The highest BCUT2D eigenvalue weighted by molar-refractivity contribution is 5.91. The molecule has 2 aromatic carbocycles. The molecule has 23 heavy (non-hydrogen) atoms. The summed E-state index contributed by atoms with van der Waals surface area (Å²) in [6, 6.07) is 10.3. The molecule has 1 heterocycles. The predicted molar refractivity (Wildman–Crippen MR) is 87.4 cm³/mol. The maximum atomic E-state index is 12.3. The monoisotopic (exact) mass is 312 g/mol. The highest BCUT2D eigenvalue weighted by atomic mass is 16.5. The van der Waals surface area contributed by atoms with E-state index in [1.54, 1.807) is 37.4 Å². The standard InChI is InChI=1S/C18H16O5/c1-10-4-7-14-13(8-10)17(19)16(18(20)23-14)12-6-5-11(21-2)9-15(12)22-3/h4-9,19H,1-3H3. The van der Waals surface area contributed by atoms with Gasteiger partial charge in [-0.15, -0.1) is 0 Å². The van der Waals surface area contributed by atoms with Crippen LogP contribution in [0.15, 0.2) is 45.6 Å². The van der Waals surface area contributed by atoms with Crippen LogP contribution in [0.5, 0.6) is 17.2 Å². The predicted octanol–water partition coefficient (Wildman–Crippen LogP) is 3.49. The van der Waals surface area contributed by atoms with E-state index in [0.29, 0.717) is 28.0 Å². The first-order chi connectivity index (χ1) is 11.0. The topological polar surface area (TPSA) is 68.9 Å². The number of aryl methyl sites for hydroxylation is 1. The Morgan fingerprint density at radius 1 is 1.04 bits per heavy atom. The van der Waals surface area contributed by atoms with Crippen molar-refractivity contribution in [3.8, 4) is 28.4 Å². The molecule has 118 valence electrons. The molecular weight excluding hydrogens is 296 g/mol. The van der Waals surface area contributed by atoms with Crippen LogP contribution in [0.4, 0.5) is 0 Å². The molecule has 0 saturated heterocycles. The highest BCUT2D eigenvalue weighted by Crippen LogP contribution is 2.39. The summed E-state index contributed by atoms with van der Waals surface area (Å²) in [5.74, 6) is 0.883. The third-order valence-corrected chi connectivity index (χ3v) is 3.71. The average molecular weight is 312 g/mol. The number of aromatic hydroxyl groups is 1. The van der Waals surface area contributed by atoms with Crippen LogP contribution in [0.2, 0.25) is 0 Å². The molecule has 0 atom stereocenters. The van der Waals surface area contributed by atoms with Gasteiger partial charge in [0.1, 0.15) is 28.4 Å². The zero-order valence-corrected chi connectivity index (χ0v) is 13.0. The van der Waals surface area contributed by atoms with Crippen LogP contribution in [-0.2, 0) is 0 Å². The Balaban J connectivity index is 2.34. The summed E-state index contributed by atoms with van der Waals surface area (Å²) in [5.41, 5.74) is 1.19. The first kappa shape index (κ1) is 15.0. The molecule has 0 radical (unpaired) electrons. The van der Waals surface area contributed by atoms with Crippen LogP contribution in [0, 0.1) is 6.92 Å². The fourth-order valence-electron chi connectivity index (χ4n) is 2.54. The number of hydrogen-bond acceptors (Lipinski definition) is 5. The summed E-state index contributed by atoms with van der Waals surface area (Å²) in [5, 5.41) is 11.1. The molecule has 0 unspecified atom stereocenters. The third kappa shape index (κ3) is 2.50. The lowest BCUT2D eigenvalue weighted by atomic mass is 10.0. The summed E-state index contributed by atoms with van der Waals surface area (Å²) in [7, 11) is 3.03. The Bertz CT molecular complexity index is 940. The molecule has 3 aromatic rings. The van der Waals surface area contributed by atoms with E-state index in [1.807, 2.05) is 13.0 Å². The molecule has 1 aromatic heterocycles. The van der Waals surface area contributed by atoms with Gasteiger partial charge in [0.05, 0.1) is 19.6 Å². The maximum Gasteiger partial charge on any atom is 0.348 e. The van der Waals surface area contributed by atoms with Gasteiger partial charge in [-0.05, 0) is 31.2 Å². The van der Waals surface area contributed by atoms with E-state index >= 15 is 0 Å². The zero-order valence-electron chi connectivity index (χ0n) is 13.0. The Morgan fingerprint density at radius 3 is 2.52 bits per heavy atom. The molecular formula is C18H16O5. The van der Waals surface area contributed by atoms with Crippen molar-refractivity contribution in [3.05, 3.63) is 52.4 Å². The van der Waals surface area contributed by atoms with Gasteiger partial charge in [0.15, 0.2) is 0 Å². The number of fused-ring (bicyclic) bond motifs is 1. The van der Waals surface area contributed by atoms with E-state index in [2.05, 4.69) is 0 Å². The average Bonchev–Trinajstić information content (AvgIpc) is 2.56. The second-order valence-corrected chi connectivity index (χ2v) is 5.18. The quantitative estimate of drug-likeness (QED) is 0.750. The SMILES string of the molecule is COc1ccc(-c2c(O)c3cc(C)ccc3oc2=O)c(OC)c1. The lowest BCUT2D eigenvalue weighted by molar-refractivity contribution is 0.394. The first-order valence-corrected chi connectivity index (χ1v) is 7.04. The molecule has 0 spiro atoms. The van der Waals surface area contributed by atoms with E-state index in [4.69, 9.17) is 13.9 Å². The molecule has 3 rings (SSSR count). The Hall–Kier alpha value is -2.95. The fraction of sp³-hybridized carbons (Fsp3) is 0.167. The molecule has 5 heteroatoms. The molecule has 5 nitrogen and oxygen atoms in total.